The molecule has 2 aliphatic rings. The molecule has 2 aliphatic heterocycles. The van der Waals surface area contributed by atoms with Crippen molar-refractivity contribution < 1.29 is 28.5 Å². The van der Waals surface area contributed by atoms with Crippen LogP contribution in [0.2, 0.25) is 0 Å². The highest BCUT2D eigenvalue weighted by Gasteiger charge is 2.40. The lowest BCUT2D eigenvalue weighted by Gasteiger charge is -2.32. The van der Waals surface area contributed by atoms with E-state index in [9.17, 15) is 9.59 Å². The first kappa shape index (κ1) is 14.7. The molecule has 2 heterocycles. The Balaban J connectivity index is 2.14. The highest BCUT2D eigenvalue weighted by atomic mass is 16.6. The van der Waals surface area contributed by atoms with E-state index < -0.39 is 36.4 Å². The molecule has 0 aromatic heterocycles. The zero-order chi connectivity index (χ0) is 14.5. The Labute approximate surface area is 117 Å². The lowest BCUT2D eigenvalue weighted by atomic mass is 10.0. The molecule has 0 radical (unpaired) electrons. The molecule has 0 spiro atoms. The molecule has 2 rings (SSSR count). The van der Waals surface area contributed by atoms with Gasteiger partial charge in [-0.3, -0.25) is 0 Å². The van der Waals surface area contributed by atoms with Crippen LogP contribution in [0, 0.1) is 0 Å². The average Bonchev–Trinajstić information content (AvgIpc) is 3.03. The Morgan fingerprint density at radius 3 is 1.60 bits per heavy atom. The third-order valence-corrected chi connectivity index (χ3v) is 3.04. The summed E-state index contributed by atoms with van der Waals surface area (Å²) < 4.78 is 21.7. The van der Waals surface area contributed by atoms with Crippen molar-refractivity contribution in [2.75, 3.05) is 13.2 Å². The minimum atomic E-state index is -0.535. The zero-order valence-corrected chi connectivity index (χ0v) is 11.5. The maximum atomic E-state index is 11.2. The first-order chi connectivity index (χ1) is 9.65. The van der Waals surface area contributed by atoms with Crippen molar-refractivity contribution in [3.8, 4) is 0 Å². The lowest BCUT2D eigenvalue weighted by Crippen LogP contribution is -2.47. The molecule has 110 valence electrons. The van der Waals surface area contributed by atoms with Gasteiger partial charge in [0.25, 0.3) is 0 Å². The second-order valence-corrected chi connectivity index (χ2v) is 4.36. The molecule has 6 heteroatoms. The van der Waals surface area contributed by atoms with Crippen molar-refractivity contribution in [2.24, 2.45) is 0 Å². The van der Waals surface area contributed by atoms with Gasteiger partial charge >= 0.3 is 11.9 Å². The van der Waals surface area contributed by atoms with Gasteiger partial charge in [-0.15, -0.1) is 0 Å². The number of rotatable bonds is 7. The predicted octanol–water partition coefficient (Wildman–Crippen LogP) is 0.760. The van der Waals surface area contributed by atoms with Gasteiger partial charge < -0.3 is 18.9 Å². The van der Waals surface area contributed by atoms with Crippen molar-refractivity contribution in [3.63, 3.8) is 0 Å². The Morgan fingerprint density at radius 1 is 0.950 bits per heavy atom. The van der Waals surface area contributed by atoms with Crippen LogP contribution in [0.25, 0.3) is 0 Å². The summed E-state index contributed by atoms with van der Waals surface area (Å²) in [6.07, 6.45) is 3.86. The van der Waals surface area contributed by atoms with Gasteiger partial charge in [0.2, 0.25) is 0 Å². The molecule has 20 heavy (non-hydrogen) atoms. The van der Waals surface area contributed by atoms with Crippen molar-refractivity contribution in [1.82, 2.24) is 0 Å². The topological polar surface area (TPSA) is 71.1 Å². The maximum Gasteiger partial charge on any atom is 0.331 e. The fourth-order valence-electron chi connectivity index (χ4n) is 2.26. The molecule has 0 N–H and O–H groups in total. The number of carbonyl (C=O) groups excluding carboxylic acids is 2. The minimum absolute atomic E-state index is 0.408. The first-order valence-corrected chi connectivity index (χ1v) is 6.66. The zero-order valence-electron chi connectivity index (χ0n) is 11.5. The van der Waals surface area contributed by atoms with Gasteiger partial charge in [0.05, 0.1) is 0 Å². The van der Waals surface area contributed by atoms with E-state index in [2.05, 4.69) is 0 Å². The van der Waals surface area contributed by atoms with Crippen LogP contribution >= 0.6 is 0 Å². The quantitative estimate of drug-likeness (QED) is 0.642. The van der Waals surface area contributed by atoms with Crippen LogP contribution in [0.15, 0.2) is 24.3 Å². The van der Waals surface area contributed by atoms with Crippen LogP contribution in [-0.2, 0) is 28.5 Å². The molecule has 0 unspecified atom stereocenters. The van der Waals surface area contributed by atoms with E-state index in [-0.39, 0.29) is 0 Å². The van der Waals surface area contributed by atoms with E-state index in [0.29, 0.717) is 13.2 Å². The van der Waals surface area contributed by atoms with Gasteiger partial charge in [0.15, 0.2) is 0 Å². The highest BCUT2D eigenvalue weighted by molar-refractivity contribution is 5.85. The van der Waals surface area contributed by atoms with Gasteiger partial charge in [-0.05, 0) is 26.0 Å². The summed E-state index contributed by atoms with van der Waals surface area (Å²) >= 11 is 0. The van der Waals surface area contributed by atoms with Crippen molar-refractivity contribution in [2.45, 2.75) is 38.3 Å². The third kappa shape index (κ3) is 3.26. The fraction of sp³-hybridized carbons (Fsp3) is 0.571. The summed E-state index contributed by atoms with van der Waals surface area (Å²) in [7, 11) is 0. The fourth-order valence-corrected chi connectivity index (χ4v) is 2.26. The summed E-state index contributed by atoms with van der Waals surface area (Å²) in [6, 6.07) is 0. The Kier molecular flexibility index (Phi) is 4.92. The van der Waals surface area contributed by atoms with Gasteiger partial charge in [-0.1, -0.05) is 0 Å². The summed E-state index contributed by atoms with van der Waals surface area (Å²) in [6.45, 7) is 4.54. The lowest BCUT2D eigenvalue weighted by molar-refractivity contribution is -0.170. The van der Waals surface area contributed by atoms with Crippen LogP contribution < -0.4 is 0 Å². The number of hydrogen-bond acceptors (Lipinski definition) is 6. The van der Waals surface area contributed by atoms with Gasteiger partial charge in [0, 0.05) is 25.4 Å². The van der Waals surface area contributed by atoms with Crippen LogP contribution in [0.3, 0.4) is 0 Å². The van der Waals surface area contributed by atoms with E-state index in [1.165, 1.54) is 12.2 Å². The largest absolute Gasteiger partial charge is 0.452 e. The molecular formula is C14H18O6. The van der Waals surface area contributed by atoms with Crippen LogP contribution in [0.5, 0.6) is 0 Å². The van der Waals surface area contributed by atoms with E-state index in [1.807, 2.05) is 13.8 Å². The van der Waals surface area contributed by atoms with Crippen molar-refractivity contribution >= 4 is 11.9 Å². The molecule has 0 saturated heterocycles. The molecule has 0 amide bonds. The highest BCUT2D eigenvalue weighted by Crippen LogP contribution is 2.24. The van der Waals surface area contributed by atoms with Crippen LogP contribution in [0.1, 0.15) is 13.8 Å². The summed E-state index contributed by atoms with van der Waals surface area (Å²) in [5, 5.41) is 0. The molecule has 0 aromatic carbocycles. The van der Waals surface area contributed by atoms with E-state index in [4.69, 9.17) is 18.9 Å². The molecule has 0 saturated carbocycles. The minimum Gasteiger partial charge on any atom is -0.452 e. The molecule has 0 aliphatic carbocycles. The molecule has 0 aromatic rings. The molecule has 6 nitrogen and oxygen atoms in total. The molecule has 0 bridgehead atoms. The second kappa shape index (κ2) is 6.67. The van der Waals surface area contributed by atoms with Crippen molar-refractivity contribution in [1.29, 1.82) is 0 Å². The smallest absolute Gasteiger partial charge is 0.331 e. The first-order valence-electron chi connectivity index (χ1n) is 6.66. The standard InChI is InChI=1S/C14H18O6/c1-3-17-13(9-5-7-11(15)19-9)14(18-4-2)10-6-8-12(16)20-10/h5-10,13-14H,3-4H2,1-2H3/t9-,10-,13-,14-/m1/s1. The molecule has 4 atom stereocenters. The summed E-state index contributed by atoms with van der Waals surface area (Å²) in [4.78, 5) is 22.4. The predicted molar refractivity (Wildman–Crippen MR) is 68.9 cm³/mol. The van der Waals surface area contributed by atoms with Crippen LogP contribution in [-0.4, -0.2) is 49.6 Å². The Morgan fingerprint density at radius 2 is 1.35 bits per heavy atom. The number of esters is 2. The van der Waals surface area contributed by atoms with E-state index in [1.54, 1.807) is 12.2 Å². The van der Waals surface area contributed by atoms with E-state index >= 15 is 0 Å². The third-order valence-electron chi connectivity index (χ3n) is 3.04. The Hall–Kier alpha value is -1.66. The number of ether oxygens (including phenoxy) is 4. The number of hydrogen-bond donors (Lipinski definition) is 0. The molecule has 0 fully saturated rings. The number of cyclic esters (lactones) is 2. The maximum absolute atomic E-state index is 11.2. The van der Waals surface area contributed by atoms with E-state index in [0.717, 1.165) is 0 Å². The SMILES string of the molecule is CCO[C@@H]([C@H](OCC)[C@H]1C=CC(=O)O1)[C@H]1C=CC(=O)O1. The second-order valence-electron chi connectivity index (χ2n) is 4.36. The van der Waals surface area contributed by atoms with Crippen LogP contribution in [0.4, 0.5) is 0 Å². The summed E-state index contributed by atoms with van der Waals surface area (Å²) in [5.41, 5.74) is 0. The molecular weight excluding hydrogens is 264 g/mol. The average molecular weight is 282 g/mol. The van der Waals surface area contributed by atoms with Gasteiger partial charge in [-0.2, -0.15) is 0 Å². The summed E-state index contributed by atoms with van der Waals surface area (Å²) in [5.74, 6) is -0.817. The van der Waals surface area contributed by atoms with Gasteiger partial charge in [-0.25, -0.2) is 9.59 Å². The van der Waals surface area contributed by atoms with Crippen molar-refractivity contribution in [3.05, 3.63) is 24.3 Å². The number of carbonyl (C=O) groups is 2. The monoisotopic (exact) mass is 282 g/mol. The van der Waals surface area contributed by atoms with Gasteiger partial charge in [0.1, 0.15) is 24.4 Å². The normalized spacial score (nSPS) is 27.5. The Bertz CT molecular complexity index is 387.